The first-order valence-corrected chi connectivity index (χ1v) is 31.7. The fourth-order valence-corrected chi connectivity index (χ4v) is 9.74. The Morgan fingerprint density at radius 1 is 0.271 bits per heavy atom. The zero-order valence-electron chi connectivity index (χ0n) is 47.6. The Hall–Kier alpha value is -1.85. The summed E-state index contributed by atoms with van der Waals surface area (Å²) in [6, 6.07) is 0. The first-order valence-electron chi connectivity index (χ1n) is 31.7. The van der Waals surface area contributed by atoms with Crippen molar-refractivity contribution in [2.45, 2.75) is 367 Å². The van der Waals surface area contributed by atoms with Gasteiger partial charge in [0.05, 0.1) is 0 Å². The molecule has 0 aliphatic rings. The normalized spacial score (nSPS) is 12.0. The molecule has 0 amide bonds. The summed E-state index contributed by atoms with van der Waals surface area (Å²) in [5, 5.41) is 0. The molecule has 414 valence electrons. The van der Waals surface area contributed by atoms with Crippen molar-refractivity contribution in [3.8, 4) is 0 Å². The third-order valence-electron chi connectivity index (χ3n) is 14.5. The van der Waals surface area contributed by atoms with E-state index in [2.05, 4.69) is 32.9 Å². The van der Waals surface area contributed by atoms with Crippen LogP contribution in [0, 0.1) is 0 Å². The summed E-state index contributed by atoms with van der Waals surface area (Å²) in [6.07, 6.45) is 69.7. The van der Waals surface area contributed by atoms with E-state index < -0.39 is 6.10 Å². The van der Waals surface area contributed by atoms with E-state index in [1.165, 1.54) is 263 Å². The van der Waals surface area contributed by atoms with Crippen molar-refractivity contribution in [1.82, 2.24) is 0 Å². The summed E-state index contributed by atoms with van der Waals surface area (Å²) in [5.74, 6) is -0.854. The molecule has 0 spiro atoms. The van der Waals surface area contributed by atoms with E-state index in [1.54, 1.807) is 0 Å². The Morgan fingerprint density at radius 3 is 0.714 bits per heavy atom. The Kier molecular flexibility index (Phi) is 58.1. The Morgan fingerprint density at radius 2 is 0.471 bits per heavy atom. The van der Waals surface area contributed by atoms with Gasteiger partial charge in [-0.25, -0.2) is 0 Å². The minimum atomic E-state index is -0.766. The highest BCUT2D eigenvalue weighted by molar-refractivity contribution is 5.71. The van der Waals surface area contributed by atoms with Gasteiger partial charge in [0.2, 0.25) is 0 Å². The monoisotopic (exact) mass is 987 g/mol. The molecule has 0 saturated heterocycles. The molecular formula is C64H122O6. The van der Waals surface area contributed by atoms with Crippen molar-refractivity contribution in [2.75, 3.05) is 13.2 Å². The number of allylic oxidation sites excluding steroid dienone is 2. The SMILES string of the molecule is CCCCCCCC/C=C\CCCCCCCCCC(=O)OC(COC(=O)CCCCCCCCC)COC(=O)CCCCCCCCCCCCCCCCCCCCCCCCCCCCCC. The zero-order chi connectivity index (χ0) is 50.7. The number of ether oxygens (including phenoxy) is 3. The predicted octanol–water partition coefficient (Wildman–Crippen LogP) is 21.3. The second-order valence-corrected chi connectivity index (χ2v) is 21.7. The lowest BCUT2D eigenvalue weighted by atomic mass is 10.0. The van der Waals surface area contributed by atoms with Crippen LogP contribution in [-0.4, -0.2) is 37.2 Å². The van der Waals surface area contributed by atoms with Crippen molar-refractivity contribution >= 4 is 17.9 Å². The van der Waals surface area contributed by atoms with Crippen LogP contribution in [0.1, 0.15) is 361 Å². The molecule has 0 aliphatic carbocycles. The van der Waals surface area contributed by atoms with Gasteiger partial charge in [0.15, 0.2) is 6.10 Å². The summed E-state index contributed by atoms with van der Waals surface area (Å²) in [4.78, 5) is 38.0. The fraction of sp³-hybridized carbons (Fsp3) is 0.922. The molecular weight excluding hydrogens is 865 g/mol. The maximum atomic E-state index is 12.8. The summed E-state index contributed by atoms with van der Waals surface area (Å²) >= 11 is 0. The van der Waals surface area contributed by atoms with Gasteiger partial charge in [0.1, 0.15) is 13.2 Å². The molecule has 0 N–H and O–H groups in total. The van der Waals surface area contributed by atoms with E-state index >= 15 is 0 Å². The molecule has 1 unspecified atom stereocenters. The van der Waals surface area contributed by atoms with Gasteiger partial charge in [-0.2, -0.15) is 0 Å². The van der Waals surface area contributed by atoms with E-state index in [1.807, 2.05) is 0 Å². The average Bonchev–Trinajstić information content (AvgIpc) is 3.36. The molecule has 0 aromatic heterocycles. The lowest BCUT2D eigenvalue weighted by molar-refractivity contribution is -0.167. The van der Waals surface area contributed by atoms with Gasteiger partial charge in [0.25, 0.3) is 0 Å². The molecule has 0 rings (SSSR count). The minimum absolute atomic E-state index is 0.0664. The standard InChI is InChI=1S/C64H122O6/c1-4-7-10-13-16-18-20-22-24-26-27-28-29-30-31-32-33-34-35-36-38-39-41-43-45-48-51-54-57-63(66)69-60-61(59-68-62(65)56-53-50-47-15-12-9-6-3)70-64(67)58-55-52-49-46-44-42-40-37-25-23-21-19-17-14-11-8-5-2/h23,25,61H,4-22,24,26-60H2,1-3H3/b25-23-. The number of unbranched alkanes of at least 4 members (excludes halogenated alkanes) is 46. The Balaban J connectivity index is 4.02. The number of esters is 3. The lowest BCUT2D eigenvalue weighted by Crippen LogP contribution is -2.30. The van der Waals surface area contributed by atoms with Crippen LogP contribution >= 0.6 is 0 Å². The summed E-state index contributed by atoms with van der Waals surface area (Å²) in [5.41, 5.74) is 0. The van der Waals surface area contributed by atoms with Gasteiger partial charge in [-0.3, -0.25) is 14.4 Å². The second-order valence-electron chi connectivity index (χ2n) is 21.7. The fourth-order valence-electron chi connectivity index (χ4n) is 9.74. The van der Waals surface area contributed by atoms with Crippen molar-refractivity contribution in [3.63, 3.8) is 0 Å². The first kappa shape index (κ1) is 68.2. The van der Waals surface area contributed by atoms with E-state index in [0.717, 1.165) is 57.8 Å². The number of hydrogen-bond donors (Lipinski definition) is 0. The van der Waals surface area contributed by atoms with Gasteiger partial charge in [0, 0.05) is 19.3 Å². The molecule has 0 bridgehead atoms. The third-order valence-corrected chi connectivity index (χ3v) is 14.5. The van der Waals surface area contributed by atoms with E-state index in [4.69, 9.17) is 14.2 Å². The van der Waals surface area contributed by atoms with Gasteiger partial charge in [-0.05, 0) is 44.9 Å². The van der Waals surface area contributed by atoms with E-state index in [0.29, 0.717) is 19.3 Å². The van der Waals surface area contributed by atoms with Crippen LogP contribution in [0.5, 0.6) is 0 Å². The Labute approximate surface area is 437 Å². The summed E-state index contributed by atoms with van der Waals surface area (Å²) < 4.78 is 16.8. The van der Waals surface area contributed by atoms with Crippen LogP contribution in [0.2, 0.25) is 0 Å². The number of carbonyl (C=O) groups excluding carboxylic acids is 3. The third kappa shape index (κ3) is 57.1. The molecule has 6 heteroatoms. The van der Waals surface area contributed by atoms with Gasteiger partial charge in [-0.1, -0.05) is 309 Å². The quantitative estimate of drug-likeness (QED) is 0.0261. The molecule has 0 aromatic carbocycles. The topological polar surface area (TPSA) is 78.9 Å². The average molecular weight is 988 g/mol. The van der Waals surface area contributed by atoms with E-state index in [-0.39, 0.29) is 31.1 Å². The highest BCUT2D eigenvalue weighted by atomic mass is 16.6. The van der Waals surface area contributed by atoms with Crippen molar-refractivity contribution < 1.29 is 28.6 Å². The van der Waals surface area contributed by atoms with Crippen LogP contribution in [0.25, 0.3) is 0 Å². The highest BCUT2D eigenvalue weighted by Crippen LogP contribution is 2.18. The van der Waals surface area contributed by atoms with Crippen molar-refractivity contribution in [1.29, 1.82) is 0 Å². The zero-order valence-corrected chi connectivity index (χ0v) is 47.6. The molecule has 1 atom stereocenters. The van der Waals surface area contributed by atoms with Gasteiger partial charge >= 0.3 is 17.9 Å². The highest BCUT2D eigenvalue weighted by Gasteiger charge is 2.19. The number of carbonyl (C=O) groups is 3. The van der Waals surface area contributed by atoms with Crippen LogP contribution in [0.3, 0.4) is 0 Å². The molecule has 0 heterocycles. The number of hydrogen-bond acceptors (Lipinski definition) is 6. The van der Waals surface area contributed by atoms with Crippen molar-refractivity contribution in [2.24, 2.45) is 0 Å². The molecule has 0 fully saturated rings. The maximum absolute atomic E-state index is 12.8. The van der Waals surface area contributed by atoms with Gasteiger partial charge in [-0.15, -0.1) is 0 Å². The lowest BCUT2D eigenvalue weighted by Gasteiger charge is -2.18. The van der Waals surface area contributed by atoms with Crippen LogP contribution < -0.4 is 0 Å². The molecule has 0 aromatic rings. The molecule has 0 saturated carbocycles. The van der Waals surface area contributed by atoms with Crippen molar-refractivity contribution in [3.05, 3.63) is 12.2 Å². The molecule has 0 aliphatic heterocycles. The minimum Gasteiger partial charge on any atom is -0.462 e. The summed E-state index contributed by atoms with van der Waals surface area (Å²) in [7, 11) is 0. The smallest absolute Gasteiger partial charge is 0.306 e. The first-order chi connectivity index (χ1) is 34.5. The predicted molar refractivity (Wildman–Crippen MR) is 303 cm³/mol. The Bertz CT molecular complexity index is 1090. The molecule has 70 heavy (non-hydrogen) atoms. The number of rotatable bonds is 59. The van der Waals surface area contributed by atoms with Crippen LogP contribution in [0.15, 0.2) is 12.2 Å². The van der Waals surface area contributed by atoms with Crippen LogP contribution in [-0.2, 0) is 28.6 Å². The van der Waals surface area contributed by atoms with Gasteiger partial charge < -0.3 is 14.2 Å². The summed E-state index contributed by atoms with van der Waals surface area (Å²) in [6.45, 7) is 6.65. The molecule has 0 radical (unpaired) electrons. The van der Waals surface area contributed by atoms with Crippen LogP contribution in [0.4, 0.5) is 0 Å². The largest absolute Gasteiger partial charge is 0.462 e. The maximum Gasteiger partial charge on any atom is 0.306 e. The molecule has 6 nitrogen and oxygen atoms in total. The van der Waals surface area contributed by atoms with E-state index in [9.17, 15) is 14.4 Å². The second kappa shape index (κ2) is 59.7.